The van der Waals surface area contributed by atoms with Crippen LogP contribution in [0.2, 0.25) is 0 Å². The van der Waals surface area contributed by atoms with Gasteiger partial charge < -0.3 is 39.5 Å². The number of aliphatic hydroxyl groups excluding tert-OH is 3. The van der Waals surface area contributed by atoms with Gasteiger partial charge in [-0.3, -0.25) is 23.2 Å². The van der Waals surface area contributed by atoms with E-state index < -0.39 is 78.4 Å². The summed E-state index contributed by atoms with van der Waals surface area (Å²) in [5, 5.41) is 30.5. The summed E-state index contributed by atoms with van der Waals surface area (Å²) in [6, 6.07) is 0. The van der Waals surface area contributed by atoms with Gasteiger partial charge in [0.1, 0.15) is 12.7 Å². The predicted octanol–water partition coefficient (Wildman–Crippen LogP) is 8.72. The van der Waals surface area contributed by atoms with Crippen molar-refractivity contribution in [3.63, 3.8) is 0 Å². The Morgan fingerprint density at radius 2 is 1.00 bits per heavy atom. The van der Waals surface area contributed by atoms with Crippen LogP contribution in [0.4, 0.5) is 0 Å². The molecule has 0 bridgehead atoms. The molecular weight excluding hydrogens is 830 g/mol. The number of allylic oxidation sites excluding steroid dienone is 13. The molecule has 5 atom stereocenters. The zero-order chi connectivity index (χ0) is 45.5. The second-order valence-corrected chi connectivity index (χ2v) is 16.9. The van der Waals surface area contributed by atoms with Gasteiger partial charge in [0.25, 0.3) is 0 Å². The molecule has 6 N–H and O–H groups in total. The third-order valence-electron chi connectivity index (χ3n) is 8.47. The van der Waals surface area contributed by atoms with Crippen LogP contribution in [0.5, 0.6) is 0 Å². The molecule has 0 saturated carbocycles. The fourth-order valence-electron chi connectivity index (χ4n) is 5.15. The zero-order valence-corrected chi connectivity index (χ0v) is 38.0. The Labute approximate surface area is 363 Å². The van der Waals surface area contributed by atoms with E-state index in [1.807, 2.05) is 18.2 Å². The number of rotatable bonds is 39. The van der Waals surface area contributed by atoms with E-state index in [0.29, 0.717) is 12.8 Å². The maximum absolute atomic E-state index is 12.7. The van der Waals surface area contributed by atoms with Crippen LogP contribution in [0, 0.1) is 0 Å². The summed E-state index contributed by atoms with van der Waals surface area (Å²) in [4.78, 5) is 52.7. The number of ether oxygens (including phenoxy) is 2. The van der Waals surface area contributed by atoms with E-state index in [1.54, 1.807) is 6.08 Å². The first-order valence-corrected chi connectivity index (χ1v) is 24.5. The maximum atomic E-state index is 12.7. The van der Waals surface area contributed by atoms with E-state index in [9.17, 15) is 38.9 Å². The van der Waals surface area contributed by atoms with Crippen molar-refractivity contribution in [2.24, 2.45) is 0 Å². The molecule has 17 heteroatoms. The molecule has 0 aliphatic heterocycles. The zero-order valence-electron chi connectivity index (χ0n) is 36.2. The SMILES string of the molecule is CC/C=C\C/C=C\C/C=C\C/C=C\C[C@@H](O)[C@H](O)CCCC(=O)O[C@H](COC(=O)CCCCCCC/C=C\C/C=C\C/C=C\CC)COP(=O)(O)OC[C@@H](O)COP(=O)(O)O. The fourth-order valence-corrected chi connectivity index (χ4v) is 6.31. The van der Waals surface area contributed by atoms with Crippen LogP contribution in [0.3, 0.4) is 0 Å². The number of esters is 2. The lowest BCUT2D eigenvalue weighted by Gasteiger charge is -2.21. The van der Waals surface area contributed by atoms with Crippen LogP contribution in [-0.2, 0) is 41.8 Å². The molecule has 61 heavy (non-hydrogen) atoms. The van der Waals surface area contributed by atoms with Gasteiger partial charge in [-0.25, -0.2) is 9.13 Å². The van der Waals surface area contributed by atoms with Crippen LogP contribution in [0.1, 0.15) is 129 Å². The second-order valence-electron chi connectivity index (χ2n) is 14.2. The number of phosphoric ester groups is 2. The van der Waals surface area contributed by atoms with Crippen LogP contribution >= 0.6 is 15.6 Å². The standard InChI is InChI=1S/C44H74O15P2/c1-3-5-7-9-11-13-15-17-18-19-21-23-25-27-29-33-43(48)55-37-40(38-58-61(53,54)57-36-39(45)35-56-60(50,51)52)59-44(49)34-30-32-42(47)41(46)31-28-26-24-22-20-16-14-12-10-8-6-4-2/h5-8,11-14,17-18,20,22,26,28,39-42,45-47H,3-4,9-10,15-16,19,21,23-25,27,29-38H2,1-2H3,(H,53,54)(H2,50,51,52)/b7-5-,8-6-,13-11-,14-12-,18-17-,22-20-,28-26-/t39-,40+,41+,42+/m0/s1. The lowest BCUT2D eigenvalue weighted by atomic mass is 10.0. The van der Waals surface area contributed by atoms with E-state index in [0.717, 1.165) is 70.6 Å². The molecule has 0 aliphatic carbocycles. The molecule has 0 radical (unpaired) electrons. The smallest absolute Gasteiger partial charge is 0.462 e. The molecule has 0 aromatic carbocycles. The highest BCUT2D eigenvalue weighted by molar-refractivity contribution is 7.47. The highest BCUT2D eigenvalue weighted by Crippen LogP contribution is 2.43. The number of carbonyl (C=O) groups excluding carboxylic acids is 2. The van der Waals surface area contributed by atoms with Crippen LogP contribution in [0.25, 0.3) is 0 Å². The molecule has 0 aliphatic rings. The Kier molecular flexibility index (Phi) is 37.1. The van der Waals surface area contributed by atoms with Gasteiger partial charge in [0, 0.05) is 12.8 Å². The Balaban J connectivity index is 4.82. The highest BCUT2D eigenvalue weighted by atomic mass is 31.2. The quantitative estimate of drug-likeness (QED) is 0.0146. The first-order valence-electron chi connectivity index (χ1n) is 21.4. The van der Waals surface area contributed by atoms with Crippen molar-refractivity contribution in [1.82, 2.24) is 0 Å². The summed E-state index contributed by atoms with van der Waals surface area (Å²) in [6.45, 7) is 1.16. The van der Waals surface area contributed by atoms with Gasteiger partial charge in [0.2, 0.25) is 0 Å². The number of hydrogen-bond donors (Lipinski definition) is 6. The Hall–Kier alpha value is -2.78. The summed E-state index contributed by atoms with van der Waals surface area (Å²) in [7, 11) is -9.80. The predicted molar refractivity (Wildman–Crippen MR) is 237 cm³/mol. The average molecular weight is 905 g/mol. The normalized spacial score (nSPS) is 15.9. The lowest BCUT2D eigenvalue weighted by molar-refractivity contribution is -0.161. The molecule has 0 heterocycles. The molecule has 0 saturated heterocycles. The topological polar surface area (TPSA) is 236 Å². The van der Waals surface area contributed by atoms with Crippen LogP contribution in [0.15, 0.2) is 85.1 Å². The van der Waals surface area contributed by atoms with E-state index >= 15 is 0 Å². The summed E-state index contributed by atoms with van der Waals surface area (Å²) < 4.78 is 47.5. The van der Waals surface area contributed by atoms with Gasteiger partial charge in [0.05, 0.1) is 32.0 Å². The largest absolute Gasteiger partial charge is 0.472 e. The van der Waals surface area contributed by atoms with E-state index in [2.05, 4.69) is 83.7 Å². The van der Waals surface area contributed by atoms with Gasteiger partial charge >= 0.3 is 27.6 Å². The minimum absolute atomic E-state index is 0.0827. The van der Waals surface area contributed by atoms with Crippen molar-refractivity contribution in [2.45, 2.75) is 154 Å². The van der Waals surface area contributed by atoms with E-state index in [4.69, 9.17) is 23.8 Å². The highest BCUT2D eigenvalue weighted by Gasteiger charge is 2.28. The molecule has 350 valence electrons. The number of hydrogen-bond acceptors (Lipinski definition) is 12. The fraction of sp³-hybridized carbons (Fsp3) is 0.636. The number of carbonyl (C=O) groups is 2. The molecule has 0 aromatic rings. The first kappa shape index (κ1) is 58.2. The minimum Gasteiger partial charge on any atom is -0.462 e. The van der Waals surface area contributed by atoms with Crippen LogP contribution in [-0.4, -0.2) is 92.8 Å². The molecular formula is C44H74O15P2. The number of aliphatic hydroxyl groups is 3. The van der Waals surface area contributed by atoms with Crippen molar-refractivity contribution in [1.29, 1.82) is 0 Å². The summed E-state index contributed by atoms with van der Waals surface area (Å²) in [6.07, 6.45) is 36.0. The maximum Gasteiger partial charge on any atom is 0.472 e. The molecule has 0 aromatic heterocycles. The van der Waals surface area contributed by atoms with E-state index in [-0.39, 0.29) is 32.1 Å². The molecule has 1 unspecified atom stereocenters. The van der Waals surface area contributed by atoms with Gasteiger partial charge in [-0.05, 0) is 83.5 Å². The second kappa shape index (κ2) is 38.9. The minimum atomic E-state index is -4.90. The average Bonchev–Trinajstić information content (AvgIpc) is 3.21. The first-order chi connectivity index (χ1) is 29.2. The molecule has 15 nitrogen and oxygen atoms in total. The molecule has 0 fully saturated rings. The van der Waals surface area contributed by atoms with Gasteiger partial charge in [-0.1, -0.05) is 118 Å². The Bertz CT molecular complexity index is 1430. The number of phosphoric acid groups is 2. The third-order valence-corrected chi connectivity index (χ3v) is 9.91. The Morgan fingerprint density at radius 1 is 0.525 bits per heavy atom. The van der Waals surface area contributed by atoms with E-state index in [1.165, 1.54) is 0 Å². The van der Waals surface area contributed by atoms with Crippen molar-refractivity contribution >= 4 is 27.6 Å². The summed E-state index contributed by atoms with van der Waals surface area (Å²) >= 11 is 0. The van der Waals surface area contributed by atoms with Crippen molar-refractivity contribution in [2.75, 3.05) is 26.4 Å². The molecule has 0 rings (SSSR count). The Morgan fingerprint density at radius 3 is 1.57 bits per heavy atom. The monoisotopic (exact) mass is 904 g/mol. The summed E-state index contributed by atoms with van der Waals surface area (Å²) in [5.74, 6) is -1.35. The van der Waals surface area contributed by atoms with Crippen molar-refractivity contribution in [3.8, 4) is 0 Å². The lowest BCUT2D eigenvalue weighted by Crippen LogP contribution is -2.30. The number of unbranched alkanes of at least 4 members (excludes halogenated alkanes) is 5. The van der Waals surface area contributed by atoms with Crippen molar-refractivity contribution < 1.29 is 71.8 Å². The molecule has 0 spiro atoms. The van der Waals surface area contributed by atoms with Crippen LogP contribution < -0.4 is 0 Å². The van der Waals surface area contributed by atoms with Gasteiger partial charge in [-0.2, -0.15) is 0 Å². The third kappa shape index (κ3) is 41.0. The van der Waals surface area contributed by atoms with Gasteiger partial charge in [0.15, 0.2) is 6.10 Å². The molecule has 0 amide bonds. The summed E-state index contributed by atoms with van der Waals surface area (Å²) in [5.41, 5.74) is 0. The van der Waals surface area contributed by atoms with Gasteiger partial charge in [-0.15, -0.1) is 0 Å². The van der Waals surface area contributed by atoms with Crippen molar-refractivity contribution in [3.05, 3.63) is 85.1 Å².